The minimum absolute atomic E-state index is 0.401. The fraction of sp³-hybridized carbons (Fsp3) is 0.636. The van der Waals surface area contributed by atoms with Crippen LogP contribution < -0.4 is 5.32 Å². The molecular weight excluding hydrogens is 178 g/mol. The van der Waals surface area contributed by atoms with Gasteiger partial charge in [0.2, 0.25) is 0 Å². The molecule has 0 saturated carbocycles. The number of rotatable bonds is 8. The minimum Gasteiger partial charge on any atom is -0.389 e. The quantitative estimate of drug-likeness (QED) is 0.459. The van der Waals surface area contributed by atoms with Gasteiger partial charge in [0.05, 0.1) is 12.7 Å². The van der Waals surface area contributed by atoms with Gasteiger partial charge < -0.3 is 15.2 Å². The molecule has 0 fully saturated rings. The molecule has 0 aromatic heterocycles. The zero-order valence-corrected chi connectivity index (χ0v) is 9.07. The van der Waals surface area contributed by atoms with Crippen LogP contribution >= 0.6 is 0 Å². The van der Waals surface area contributed by atoms with Crippen molar-refractivity contribution in [3.05, 3.63) is 24.4 Å². The normalized spacial score (nSPS) is 13.9. The Morgan fingerprint density at radius 1 is 1.43 bits per heavy atom. The Balaban J connectivity index is 3.30. The molecule has 0 radical (unpaired) electrons. The summed E-state index contributed by atoms with van der Waals surface area (Å²) >= 11 is 0. The molecule has 0 bridgehead atoms. The monoisotopic (exact) mass is 199 g/mol. The molecule has 0 rings (SSSR count). The third-order valence-corrected chi connectivity index (χ3v) is 1.53. The Morgan fingerprint density at radius 2 is 2.21 bits per heavy atom. The zero-order valence-electron chi connectivity index (χ0n) is 9.07. The highest BCUT2D eigenvalue weighted by atomic mass is 16.5. The van der Waals surface area contributed by atoms with Crippen LogP contribution in [0.3, 0.4) is 0 Å². The molecule has 2 N–H and O–H groups in total. The largest absolute Gasteiger partial charge is 0.389 e. The maximum atomic E-state index is 9.39. The van der Waals surface area contributed by atoms with Crippen molar-refractivity contribution in [1.29, 1.82) is 0 Å². The molecule has 1 atom stereocenters. The van der Waals surface area contributed by atoms with Crippen LogP contribution in [-0.2, 0) is 4.74 Å². The van der Waals surface area contributed by atoms with Gasteiger partial charge in [-0.25, -0.2) is 0 Å². The molecule has 1 unspecified atom stereocenters. The average Bonchev–Trinajstić information content (AvgIpc) is 2.18. The van der Waals surface area contributed by atoms with Crippen molar-refractivity contribution in [2.24, 2.45) is 0 Å². The number of aliphatic hydroxyl groups excluding tert-OH is 1. The van der Waals surface area contributed by atoms with E-state index in [2.05, 4.69) is 5.32 Å². The lowest BCUT2D eigenvalue weighted by molar-refractivity contribution is 0.0389. The molecule has 0 aliphatic rings. The lowest BCUT2D eigenvalue weighted by Crippen LogP contribution is -2.27. The van der Waals surface area contributed by atoms with Gasteiger partial charge in [0.25, 0.3) is 0 Å². The molecule has 0 saturated heterocycles. The van der Waals surface area contributed by atoms with Gasteiger partial charge in [-0.3, -0.25) is 0 Å². The Bertz CT molecular complexity index is 167. The summed E-state index contributed by atoms with van der Waals surface area (Å²) in [5, 5.41) is 12.4. The maximum Gasteiger partial charge on any atom is 0.0945 e. The number of hydrogen-bond donors (Lipinski definition) is 2. The highest BCUT2D eigenvalue weighted by Crippen LogP contribution is 1.86. The van der Waals surface area contributed by atoms with Crippen LogP contribution in [0, 0.1) is 0 Å². The van der Waals surface area contributed by atoms with Gasteiger partial charge in [0.15, 0.2) is 0 Å². The van der Waals surface area contributed by atoms with Gasteiger partial charge in [-0.2, -0.15) is 0 Å². The second-order valence-electron chi connectivity index (χ2n) is 3.02. The van der Waals surface area contributed by atoms with Crippen LogP contribution in [0.5, 0.6) is 0 Å². The van der Waals surface area contributed by atoms with E-state index >= 15 is 0 Å². The Hall–Kier alpha value is -0.800. The van der Waals surface area contributed by atoms with E-state index in [1.165, 1.54) is 0 Å². The summed E-state index contributed by atoms with van der Waals surface area (Å²) in [7, 11) is 0. The van der Waals surface area contributed by atoms with Crippen molar-refractivity contribution in [1.82, 2.24) is 5.32 Å². The van der Waals surface area contributed by atoms with Crippen LogP contribution in [0.4, 0.5) is 0 Å². The topological polar surface area (TPSA) is 41.5 Å². The van der Waals surface area contributed by atoms with Crippen molar-refractivity contribution in [3.8, 4) is 0 Å². The standard InChI is InChI=1S/C11H21NO2/c1-3-5-6-7-12-9-11(13)10-14-8-4-2/h3,5-7,11-13H,4,8-10H2,1-2H3/b5-3-,7-6+. The van der Waals surface area contributed by atoms with Gasteiger partial charge in [-0.05, 0) is 25.6 Å². The Morgan fingerprint density at radius 3 is 2.86 bits per heavy atom. The van der Waals surface area contributed by atoms with Crippen molar-refractivity contribution in [2.45, 2.75) is 26.4 Å². The van der Waals surface area contributed by atoms with Crippen LogP contribution in [0.1, 0.15) is 20.3 Å². The Kier molecular flexibility index (Phi) is 9.69. The highest BCUT2D eigenvalue weighted by Gasteiger charge is 2.00. The smallest absolute Gasteiger partial charge is 0.0945 e. The first kappa shape index (κ1) is 13.2. The van der Waals surface area contributed by atoms with E-state index in [0.717, 1.165) is 6.42 Å². The van der Waals surface area contributed by atoms with Gasteiger partial charge >= 0.3 is 0 Å². The molecule has 0 heterocycles. The lowest BCUT2D eigenvalue weighted by Gasteiger charge is -2.10. The third-order valence-electron chi connectivity index (χ3n) is 1.53. The summed E-state index contributed by atoms with van der Waals surface area (Å²) in [4.78, 5) is 0. The van der Waals surface area contributed by atoms with E-state index in [9.17, 15) is 5.11 Å². The van der Waals surface area contributed by atoms with Crippen LogP contribution in [0.25, 0.3) is 0 Å². The van der Waals surface area contributed by atoms with E-state index in [4.69, 9.17) is 4.74 Å². The van der Waals surface area contributed by atoms with Crippen molar-refractivity contribution < 1.29 is 9.84 Å². The predicted octanol–water partition coefficient (Wildman–Crippen LogP) is 1.45. The fourth-order valence-corrected chi connectivity index (χ4v) is 0.861. The molecule has 0 aliphatic heterocycles. The van der Waals surface area contributed by atoms with Gasteiger partial charge in [0, 0.05) is 13.2 Å². The van der Waals surface area contributed by atoms with Crippen LogP contribution in [0.2, 0.25) is 0 Å². The first-order chi connectivity index (χ1) is 6.81. The van der Waals surface area contributed by atoms with Crippen LogP contribution in [-0.4, -0.2) is 31.0 Å². The van der Waals surface area contributed by atoms with E-state index < -0.39 is 6.10 Å². The second-order valence-corrected chi connectivity index (χ2v) is 3.02. The summed E-state index contributed by atoms with van der Waals surface area (Å²) in [5.41, 5.74) is 0. The molecule has 0 aromatic rings. The SMILES string of the molecule is C/C=C\C=C\NCC(O)COCCC. The van der Waals surface area contributed by atoms with Crippen molar-refractivity contribution in [2.75, 3.05) is 19.8 Å². The fourth-order valence-electron chi connectivity index (χ4n) is 0.861. The molecule has 0 amide bonds. The number of aliphatic hydroxyl groups is 1. The third kappa shape index (κ3) is 9.29. The Labute approximate surface area is 86.5 Å². The molecule has 3 heteroatoms. The molecule has 0 spiro atoms. The molecule has 3 nitrogen and oxygen atoms in total. The summed E-state index contributed by atoms with van der Waals surface area (Å²) < 4.78 is 5.19. The summed E-state index contributed by atoms with van der Waals surface area (Å²) in [6.45, 7) is 5.64. The molecule has 0 aliphatic carbocycles. The number of nitrogens with one attached hydrogen (secondary N) is 1. The average molecular weight is 199 g/mol. The first-order valence-electron chi connectivity index (χ1n) is 5.08. The molecule has 14 heavy (non-hydrogen) atoms. The summed E-state index contributed by atoms with van der Waals surface area (Å²) in [5.74, 6) is 0. The van der Waals surface area contributed by atoms with E-state index in [-0.39, 0.29) is 0 Å². The zero-order chi connectivity index (χ0) is 10.6. The lowest BCUT2D eigenvalue weighted by atomic mass is 10.4. The number of ether oxygens (including phenoxy) is 1. The van der Waals surface area contributed by atoms with Gasteiger partial charge in [0.1, 0.15) is 0 Å². The maximum absolute atomic E-state index is 9.39. The number of hydrogen-bond acceptors (Lipinski definition) is 3. The molecule has 0 aromatic carbocycles. The number of allylic oxidation sites excluding steroid dienone is 3. The molecular formula is C11H21NO2. The molecule has 82 valence electrons. The van der Waals surface area contributed by atoms with Gasteiger partial charge in [-0.1, -0.05) is 19.1 Å². The second kappa shape index (κ2) is 10.3. The van der Waals surface area contributed by atoms with E-state index in [1.54, 1.807) is 0 Å². The summed E-state index contributed by atoms with van der Waals surface area (Å²) in [6, 6.07) is 0. The van der Waals surface area contributed by atoms with Crippen molar-refractivity contribution in [3.63, 3.8) is 0 Å². The predicted molar refractivity (Wildman–Crippen MR) is 59.1 cm³/mol. The van der Waals surface area contributed by atoms with E-state index in [1.807, 2.05) is 38.3 Å². The summed E-state index contributed by atoms with van der Waals surface area (Å²) in [6.07, 6.45) is 8.12. The van der Waals surface area contributed by atoms with Crippen molar-refractivity contribution >= 4 is 0 Å². The van der Waals surface area contributed by atoms with E-state index in [0.29, 0.717) is 19.8 Å². The first-order valence-corrected chi connectivity index (χ1v) is 5.08. The van der Waals surface area contributed by atoms with Crippen LogP contribution in [0.15, 0.2) is 24.4 Å². The highest BCUT2D eigenvalue weighted by molar-refractivity contribution is 4.99. The minimum atomic E-state index is -0.434. The van der Waals surface area contributed by atoms with Gasteiger partial charge in [-0.15, -0.1) is 0 Å².